The van der Waals surface area contributed by atoms with Crippen molar-refractivity contribution in [3.63, 3.8) is 0 Å². The number of hydrazone groups is 1. The topological polar surface area (TPSA) is 83.5 Å². The van der Waals surface area contributed by atoms with Gasteiger partial charge in [-0.25, -0.2) is 5.43 Å². The first kappa shape index (κ1) is 24.1. The van der Waals surface area contributed by atoms with Crippen LogP contribution in [0.5, 0.6) is 0 Å². The van der Waals surface area contributed by atoms with Crippen LogP contribution in [0.25, 0.3) is 0 Å². The molecule has 2 aliphatic carbocycles. The fourth-order valence-corrected chi connectivity index (χ4v) is 6.06. The van der Waals surface area contributed by atoms with Crippen LogP contribution in [-0.4, -0.2) is 29.1 Å². The van der Waals surface area contributed by atoms with Crippen molar-refractivity contribution < 1.29 is 9.59 Å². The maximum atomic E-state index is 12.7. The van der Waals surface area contributed by atoms with Crippen LogP contribution in [0.3, 0.4) is 0 Å². The van der Waals surface area contributed by atoms with Gasteiger partial charge in [-0.3, -0.25) is 14.6 Å². The van der Waals surface area contributed by atoms with Gasteiger partial charge in [0, 0.05) is 37.0 Å². The van der Waals surface area contributed by atoms with Gasteiger partial charge in [-0.1, -0.05) is 46.2 Å². The number of nitrogens with zero attached hydrogens (tertiary/aromatic N) is 2. The molecule has 4 rings (SSSR count). The van der Waals surface area contributed by atoms with Gasteiger partial charge < -0.3 is 5.32 Å². The number of rotatable bonds is 5. The Labute approximate surface area is 202 Å². The normalized spacial score (nSPS) is 27.1. The largest absolute Gasteiger partial charge is 0.356 e. The molecule has 0 unspecified atom stereocenters. The molecule has 1 aromatic carbocycles. The Hall–Kier alpha value is -3.02. The molecule has 6 nitrogen and oxygen atoms in total. The summed E-state index contributed by atoms with van der Waals surface area (Å²) in [5.41, 5.74) is 7.90. The maximum absolute atomic E-state index is 12.7. The smallest absolute Gasteiger partial charge is 0.271 e. The summed E-state index contributed by atoms with van der Waals surface area (Å²) in [6.45, 7) is 11.3. The van der Waals surface area contributed by atoms with Crippen LogP contribution in [0.15, 0.2) is 47.8 Å². The van der Waals surface area contributed by atoms with Gasteiger partial charge in [0.2, 0.25) is 5.91 Å². The Kier molecular flexibility index (Phi) is 6.61. The lowest BCUT2D eigenvalue weighted by Gasteiger charge is -2.55. The second-order valence-corrected chi connectivity index (χ2v) is 10.8. The molecule has 180 valence electrons. The number of hydrogen-bond donors (Lipinski definition) is 2. The van der Waals surface area contributed by atoms with E-state index in [0.29, 0.717) is 23.9 Å². The van der Waals surface area contributed by atoms with Crippen LogP contribution in [0, 0.1) is 11.3 Å². The number of aromatic nitrogens is 1. The predicted octanol–water partition coefficient (Wildman–Crippen LogP) is 4.94. The second kappa shape index (κ2) is 9.32. The van der Waals surface area contributed by atoms with Crippen LogP contribution >= 0.6 is 0 Å². The number of carbonyl (C=O) groups excluding carboxylic acids is 2. The third-order valence-electron chi connectivity index (χ3n) is 8.06. The summed E-state index contributed by atoms with van der Waals surface area (Å²) < 4.78 is 0. The van der Waals surface area contributed by atoms with Crippen molar-refractivity contribution in [2.24, 2.45) is 16.4 Å². The zero-order valence-electron chi connectivity index (χ0n) is 20.9. The predicted molar refractivity (Wildman–Crippen MR) is 135 cm³/mol. The molecule has 0 radical (unpaired) electrons. The minimum absolute atomic E-state index is 0.00444. The lowest BCUT2D eigenvalue weighted by Crippen LogP contribution is -2.54. The van der Waals surface area contributed by atoms with E-state index in [0.717, 1.165) is 37.0 Å². The molecule has 1 heterocycles. The first-order valence-electron chi connectivity index (χ1n) is 12.3. The number of nitrogens with one attached hydrogen (secondary N) is 2. The summed E-state index contributed by atoms with van der Waals surface area (Å²) >= 11 is 0. The zero-order chi connectivity index (χ0) is 24.5. The Morgan fingerprint density at radius 1 is 1.15 bits per heavy atom. The average molecular weight is 461 g/mol. The Balaban J connectivity index is 1.76. The summed E-state index contributed by atoms with van der Waals surface area (Å²) in [6.07, 6.45) is 7.26. The zero-order valence-corrected chi connectivity index (χ0v) is 20.9. The summed E-state index contributed by atoms with van der Waals surface area (Å²) in [7, 11) is 0. The minimum Gasteiger partial charge on any atom is -0.356 e. The molecule has 0 spiro atoms. The van der Waals surface area contributed by atoms with Gasteiger partial charge in [0.05, 0.1) is 5.71 Å². The minimum atomic E-state index is -0.241. The van der Waals surface area contributed by atoms with E-state index in [4.69, 9.17) is 5.10 Å². The SMILES string of the molecule is CC(=O)NC[C@]1(C)CCC[C@]2(C)c3ccc(C(C)C)cc3/C(=N/NC(=O)c3ccncc3)C[C@@H]12. The quantitative estimate of drug-likeness (QED) is 0.620. The number of fused-ring (bicyclic) bond motifs is 3. The third-order valence-corrected chi connectivity index (χ3v) is 8.06. The lowest BCUT2D eigenvalue weighted by molar-refractivity contribution is -0.120. The molecule has 0 bridgehead atoms. The van der Waals surface area contributed by atoms with E-state index in [1.165, 1.54) is 11.1 Å². The monoisotopic (exact) mass is 460 g/mol. The van der Waals surface area contributed by atoms with E-state index in [2.05, 4.69) is 61.6 Å². The first-order chi connectivity index (χ1) is 16.1. The van der Waals surface area contributed by atoms with Gasteiger partial charge in [-0.2, -0.15) is 5.10 Å². The van der Waals surface area contributed by atoms with Crippen LogP contribution < -0.4 is 10.7 Å². The van der Waals surface area contributed by atoms with Crippen molar-refractivity contribution in [1.29, 1.82) is 0 Å². The number of hydrogen-bond acceptors (Lipinski definition) is 4. The third kappa shape index (κ3) is 4.50. The van der Waals surface area contributed by atoms with Gasteiger partial charge in [0.1, 0.15) is 0 Å². The summed E-state index contributed by atoms with van der Waals surface area (Å²) in [4.78, 5) is 28.5. The maximum Gasteiger partial charge on any atom is 0.271 e. The van der Waals surface area contributed by atoms with Crippen molar-refractivity contribution in [1.82, 2.24) is 15.7 Å². The van der Waals surface area contributed by atoms with Gasteiger partial charge in [0.15, 0.2) is 0 Å². The molecular weight excluding hydrogens is 424 g/mol. The van der Waals surface area contributed by atoms with E-state index in [-0.39, 0.29) is 22.6 Å². The van der Waals surface area contributed by atoms with Crippen molar-refractivity contribution >= 4 is 17.5 Å². The van der Waals surface area contributed by atoms with E-state index in [9.17, 15) is 9.59 Å². The van der Waals surface area contributed by atoms with Crippen molar-refractivity contribution in [3.8, 4) is 0 Å². The number of benzene rings is 1. The Morgan fingerprint density at radius 3 is 2.56 bits per heavy atom. The molecule has 6 heteroatoms. The molecule has 2 aromatic rings. The molecule has 2 aliphatic rings. The molecular formula is C28H36N4O2. The molecule has 0 saturated heterocycles. The van der Waals surface area contributed by atoms with Crippen LogP contribution in [0.4, 0.5) is 0 Å². The highest BCUT2D eigenvalue weighted by molar-refractivity contribution is 6.05. The highest BCUT2D eigenvalue weighted by Crippen LogP contribution is 2.57. The van der Waals surface area contributed by atoms with Gasteiger partial charge >= 0.3 is 0 Å². The van der Waals surface area contributed by atoms with Gasteiger partial charge in [0.25, 0.3) is 5.91 Å². The lowest BCUT2D eigenvalue weighted by atomic mass is 9.49. The van der Waals surface area contributed by atoms with Crippen LogP contribution in [0.2, 0.25) is 0 Å². The standard InChI is InChI=1S/C28H36N4O2/c1-18(2)21-7-8-23-22(15-21)24(31-32-26(34)20-9-13-29-14-10-20)16-25-27(4,17-30-19(3)33)11-6-12-28(23,25)5/h7-10,13-15,18,25H,6,11-12,16-17H2,1-5H3,(H,30,33)(H,32,34)/b31-24+/t25-,27-,28+/m0/s1. The molecule has 34 heavy (non-hydrogen) atoms. The molecule has 1 fully saturated rings. The molecule has 1 aromatic heterocycles. The van der Waals surface area contributed by atoms with Crippen molar-refractivity contribution in [3.05, 3.63) is 65.0 Å². The van der Waals surface area contributed by atoms with Gasteiger partial charge in [-0.15, -0.1) is 0 Å². The van der Waals surface area contributed by atoms with Gasteiger partial charge in [-0.05, 0) is 71.3 Å². The van der Waals surface area contributed by atoms with E-state index in [1.54, 1.807) is 31.5 Å². The fourth-order valence-electron chi connectivity index (χ4n) is 6.06. The van der Waals surface area contributed by atoms with E-state index >= 15 is 0 Å². The molecule has 2 amide bonds. The Morgan fingerprint density at radius 2 is 1.88 bits per heavy atom. The number of amides is 2. The summed E-state index contributed by atoms with van der Waals surface area (Å²) in [6, 6.07) is 10.2. The fraction of sp³-hybridized carbons (Fsp3) is 0.500. The average Bonchev–Trinajstić information content (AvgIpc) is 2.82. The Bertz CT molecular complexity index is 1110. The molecule has 1 saturated carbocycles. The number of pyridine rings is 1. The first-order valence-corrected chi connectivity index (χ1v) is 12.3. The van der Waals surface area contributed by atoms with Crippen molar-refractivity contribution in [2.75, 3.05) is 6.54 Å². The number of carbonyl (C=O) groups is 2. The van der Waals surface area contributed by atoms with Crippen LogP contribution in [-0.2, 0) is 10.2 Å². The molecule has 2 N–H and O–H groups in total. The van der Waals surface area contributed by atoms with E-state index in [1.807, 2.05) is 0 Å². The molecule has 3 atom stereocenters. The summed E-state index contributed by atoms with van der Waals surface area (Å²) in [5.74, 6) is 0.466. The highest BCUT2D eigenvalue weighted by Gasteiger charge is 2.53. The van der Waals surface area contributed by atoms with Crippen LogP contribution in [0.1, 0.15) is 93.3 Å². The summed E-state index contributed by atoms with van der Waals surface area (Å²) in [5, 5.41) is 7.78. The van der Waals surface area contributed by atoms with E-state index < -0.39 is 0 Å². The second-order valence-electron chi connectivity index (χ2n) is 10.8. The highest BCUT2D eigenvalue weighted by atomic mass is 16.2. The molecule has 0 aliphatic heterocycles. The van der Waals surface area contributed by atoms with Crippen molar-refractivity contribution in [2.45, 2.75) is 71.6 Å².